The topological polar surface area (TPSA) is 17.1 Å². The van der Waals surface area contributed by atoms with E-state index < -0.39 is 0 Å². The molecule has 1 nitrogen and oxygen atoms in total. The van der Waals surface area contributed by atoms with Gasteiger partial charge in [0.1, 0.15) is 5.78 Å². The van der Waals surface area contributed by atoms with Crippen LogP contribution in [0.25, 0.3) is 0 Å². The number of hydrogen-bond donors (Lipinski definition) is 0. The SMILES string of the molecule is CC1C(=O)CC2C1CC1CCC2(C)C1(C)C. The average molecular weight is 220 g/mol. The minimum absolute atomic E-state index is 0.348. The predicted molar refractivity (Wildman–Crippen MR) is 65.0 cm³/mol. The summed E-state index contributed by atoms with van der Waals surface area (Å²) < 4.78 is 0. The molecule has 0 aliphatic heterocycles. The molecule has 0 aromatic carbocycles. The van der Waals surface area contributed by atoms with Gasteiger partial charge in [0.15, 0.2) is 0 Å². The summed E-state index contributed by atoms with van der Waals surface area (Å²) in [6.45, 7) is 9.55. The lowest BCUT2D eigenvalue weighted by molar-refractivity contribution is -0.120. The van der Waals surface area contributed by atoms with Crippen molar-refractivity contribution in [3.63, 3.8) is 0 Å². The molecule has 90 valence electrons. The fourth-order valence-corrected chi connectivity index (χ4v) is 5.24. The van der Waals surface area contributed by atoms with Crippen molar-refractivity contribution < 1.29 is 4.79 Å². The van der Waals surface area contributed by atoms with E-state index in [-0.39, 0.29) is 0 Å². The number of ketones is 1. The second kappa shape index (κ2) is 2.91. The molecule has 0 N–H and O–H groups in total. The number of carbonyl (C=O) groups is 1. The second-order valence-electron chi connectivity index (χ2n) is 7.34. The lowest BCUT2D eigenvalue weighted by Crippen LogP contribution is -2.47. The highest BCUT2D eigenvalue weighted by molar-refractivity contribution is 5.83. The molecule has 3 fully saturated rings. The molecule has 5 unspecified atom stereocenters. The minimum Gasteiger partial charge on any atom is -0.299 e. The zero-order valence-corrected chi connectivity index (χ0v) is 11.0. The quantitative estimate of drug-likeness (QED) is 0.608. The summed E-state index contributed by atoms with van der Waals surface area (Å²) in [5.41, 5.74) is 0.888. The van der Waals surface area contributed by atoms with Gasteiger partial charge >= 0.3 is 0 Å². The second-order valence-corrected chi connectivity index (χ2v) is 7.34. The van der Waals surface area contributed by atoms with E-state index in [4.69, 9.17) is 0 Å². The van der Waals surface area contributed by atoms with Gasteiger partial charge in [-0.05, 0) is 47.8 Å². The molecule has 0 radical (unpaired) electrons. The Kier molecular flexibility index (Phi) is 1.97. The first-order chi connectivity index (χ1) is 7.38. The maximum Gasteiger partial charge on any atom is 0.136 e. The van der Waals surface area contributed by atoms with E-state index in [9.17, 15) is 4.79 Å². The van der Waals surface area contributed by atoms with Crippen LogP contribution in [0, 0.1) is 34.5 Å². The Hall–Kier alpha value is -0.330. The van der Waals surface area contributed by atoms with Crippen molar-refractivity contribution >= 4 is 5.78 Å². The Bertz CT molecular complexity index is 343. The molecule has 3 aliphatic rings. The molecule has 0 amide bonds. The Labute approximate surface area is 99.0 Å². The molecule has 0 saturated heterocycles. The van der Waals surface area contributed by atoms with Crippen molar-refractivity contribution in [2.45, 2.75) is 53.4 Å². The Morgan fingerprint density at radius 3 is 2.62 bits per heavy atom. The maximum absolute atomic E-state index is 12.0. The number of Topliss-reactive ketones (excluding diaryl/α,β-unsaturated/α-hetero) is 1. The first-order valence-electron chi connectivity index (χ1n) is 6.90. The summed E-state index contributed by atoms with van der Waals surface area (Å²) in [7, 11) is 0. The average Bonchev–Trinajstić information content (AvgIpc) is 2.54. The molecule has 0 spiro atoms. The molecule has 0 heterocycles. The van der Waals surface area contributed by atoms with Gasteiger partial charge in [-0.3, -0.25) is 4.79 Å². The van der Waals surface area contributed by atoms with E-state index in [0.717, 1.165) is 12.3 Å². The van der Waals surface area contributed by atoms with Crippen LogP contribution in [0.2, 0.25) is 0 Å². The van der Waals surface area contributed by atoms with Gasteiger partial charge in [0.25, 0.3) is 0 Å². The number of hydrogen-bond acceptors (Lipinski definition) is 1. The molecule has 0 aromatic heterocycles. The smallest absolute Gasteiger partial charge is 0.136 e. The van der Waals surface area contributed by atoms with Gasteiger partial charge in [-0.15, -0.1) is 0 Å². The van der Waals surface area contributed by atoms with Gasteiger partial charge in [0.05, 0.1) is 0 Å². The predicted octanol–water partition coefficient (Wildman–Crippen LogP) is 3.67. The van der Waals surface area contributed by atoms with Crippen LogP contribution in [-0.4, -0.2) is 5.78 Å². The zero-order valence-electron chi connectivity index (χ0n) is 11.0. The molecule has 1 heteroatoms. The van der Waals surface area contributed by atoms with Gasteiger partial charge in [0, 0.05) is 12.3 Å². The van der Waals surface area contributed by atoms with Gasteiger partial charge in [-0.2, -0.15) is 0 Å². The number of fused-ring (bicyclic) bond motifs is 4. The summed E-state index contributed by atoms with van der Waals surface area (Å²) >= 11 is 0. The van der Waals surface area contributed by atoms with Gasteiger partial charge in [-0.1, -0.05) is 27.7 Å². The van der Waals surface area contributed by atoms with Crippen LogP contribution in [0.1, 0.15) is 53.4 Å². The minimum atomic E-state index is 0.348. The normalized spacial score (nSPS) is 54.1. The molecule has 3 aliphatic carbocycles. The summed E-state index contributed by atoms with van der Waals surface area (Å²) in [4.78, 5) is 12.0. The molecule has 0 aromatic rings. The third kappa shape index (κ3) is 1.01. The van der Waals surface area contributed by atoms with E-state index in [1.807, 2.05) is 0 Å². The standard InChI is InChI=1S/C15H24O/c1-9-11-7-10-5-6-15(4,14(10,2)3)12(11)8-13(9)16/h9-12H,5-8H2,1-4H3. The van der Waals surface area contributed by atoms with E-state index in [2.05, 4.69) is 27.7 Å². The van der Waals surface area contributed by atoms with E-state index in [0.29, 0.717) is 34.4 Å². The van der Waals surface area contributed by atoms with Crippen LogP contribution in [0.15, 0.2) is 0 Å². The van der Waals surface area contributed by atoms with Gasteiger partial charge < -0.3 is 0 Å². The molecular weight excluding hydrogens is 196 g/mol. The van der Waals surface area contributed by atoms with Crippen molar-refractivity contribution in [3.05, 3.63) is 0 Å². The summed E-state index contributed by atoms with van der Waals surface area (Å²) in [5.74, 6) is 3.15. The summed E-state index contributed by atoms with van der Waals surface area (Å²) in [6.07, 6.45) is 4.95. The Morgan fingerprint density at radius 2 is 1.94 bits per heavy atom. The molecule has 2 bridgehead atoms. The van der Waals surface area contributed by atoms with Gasteiger partial charge in [0.2, 0.25) is 0 Å². The van der Waals surface area contributed by atoms with E-state index in [1.165, 1.54) is 19.3 Å². The first-order valence-corrected chi connectivity index (χ1v) is 6.90. The van der Waals surface area contributed by atoms with Crippen LogP contribution in [0.5, 0.6) is 0 Å². The monoisotopic (exact) mass is 220 g/mol. The number of carbonyl (C=O) groups excluding carboxylic acids is 1. The Morgan fingerprint density at radius 1 is 1.25 bits per heavy atom. The lowest BCUT2D eigenvalue weighted by Gasteiger charge is -2.53. The fraction of sp³-hybridized carbons (Fsp3) is 0.933. The third-order valence-electron chi connectivity index (χ3n) is 6.97. The van der Waals surface area contributed by atoms with Crippen LogP contribution in [-0.2, 0) is 4.79 Å². The van der Waals surface area contributed by atoms with Crippen molar-refractivity contribution in [2.24, 2.45) is 34.5 Å². The van der Waals surface area contributed by atoms with Crippen molar-refractivity contribution in [3.8, 4) is 0 Å². The largest absolute Gasteiger partial charge is 0.299 e. The maximum atomic E-state index is 12.0. The number of rotatable bonds is 0. The molecule has 3 rings (SSSR count). The first kappa shape index (κ1) is 10.8. The van der Waals surface area contributed by atoms with Crippen molar-refractivity contribution in [1.29, 1.82) is 0 Å². The zero-order chi connectivity index (χ0) is 11.7. The third-order valence-corrected chi connectivity index (χ3v) is 6.97. The van der Waals surface area contributed by atoms with Crippen LogP contribution in [0.4, 0.5) is 0 Å². The summed E-state index contributed by atoms with van der Waals surface area (Å²) in [6, 6.07) is 0. The van der Waals surface area contributed by atoms with E-state index >= 15 is 0 Å². The van der Waals surface area contributed by atoms with E-state index in [1.54, 1.807) is 0 Å². The highest BCUT2D eigenvalue weighted by atomic mass is 16.1. The molecule has 3 saturated carbocycles. The van der Waals surface area contributed by atoms with Gasteiger partial charge in [-0.25, -0.2) is 0 Å². The molecular formula is C15H24O. The highest BCUT2D eigenvalue weighted by Crippen LogP contribution is 2.69. The van der Waals surface area contributed by atoms with Crippen LogP contribution in [0.3, 0.4) is 0 Å². The fourth-order valence-electron chi connectivity index (χ4n) is 5.24. The molecule has 16 heavy (non-hydrogen) atoms. The van der Waals surface area contributed by atoms with Crippen LogP contribution < -0.4 is 0 Å². The summed E-state index contributed by atoms with van der Waals surface area (Å²) in [5, 5.41) is 0. The van der Waals surface area contributed by atoms with Crippen molar-refractivity contribution in [2.75, 3.05) is 0 Å². The Balaban J connectivity index is 2.04. The lowest BCUT2D eigenvalue weighted by atomic mass is 9.51. The highest BCUT2D eigenvalue weighted by Gasteiger charge is 2.63. The van der Waals surface area contributed by atoms with Crippen molar-refractivity contribution in [1.82, 2.24) is 0 Å². The van der Waals surface area contributed by atoms with Crippen LogP contribution >= 0.6 is 0 Å². The molecule has 5 atom stereocenters.